The topological polar surface area (TPSA) is 59.0 Å². The van der Waals surface area contributed by atoms with Crippen LogP contribution in [-0.2, 0) is 9.59 Å². The Kier molecular flexibility index (Phi) is 4.37. The molecule has 4 atom stereocenters. The predicted molar refractivity (Wildman–Crippen MR) is 101 cm³/mol. The van der Waals surface area contributed by atoms with E-state index in [1.807, 2.05) is 0 Å². The van der Waals surface area contributed by atoms with Gasteiger partial charge in [-0.05, 0) is 51.9 Å². The van der Waals surface area contributed by atoms with Crippen molar-refractivity contribution in [3.63, 3.8) is 0 Å². The van der Waals surface area contributed by atoms with Gasteiger partial charge in [-0.2, -0.15) is 10.1 Å². The van der Waals surface area contributed by atoms with Crippen LogP contribution in [0.25, 0.3) is 0 Å². The number of hydrazone groups is 1. The Morgan fingerprint density at radius 2 is 1.96 bits per heavy atom. The molecule has 1 saturated carbocycles. The molecule has 2 fully saturated rings. The van der Waals surface area contributed by atoms with E-state index in [-0.39, 0.29) is 42.1 Å². The first kappa shape index (κ1) is 17.3. The third kappa shape index (κ3) is 2.67. The molecule has 0 aromatic heterocycles. The molecule has 1 saturated heterocycles. The molecular weight excluding hydrogens is 420 g/mol. The smallest absolute Gasteiger partial charge is 0.254 e. The number of halogens is 2. The van der Waals surface area contributed by atoms with Gasteiger partial charge in [-0.1, -0.05) is 29.7 Å². The van der Waals surface area contributed by atoms with Gasteiger partial charge in [0.05, 0.1) is 27.5 Å². The van der Waals surface area contributed by atoms with Gasteiger partial charge in [0.1, 0.15) is 6.61 Å². The second-order valence-electron chi connectivity index (χ2n) is 6.54. The van der Waals surface area contributed by atoms with Crippen molar-refractivity contribution in [2.45, 2.75) is 6.42 Å². The summed E-state index contributed by atoms with van der Waals surface area (Å²) in [6.07, 6.45) is 11.6. The first-order valence-corrected chi connectivity index (χ1v) is 9.33. The van der Waals surface area contributed by atoms with Crippen LogP contribution < -0.4 is 4.74 Å². The molecule has 0 radical (unpaired) electrons. The summed E-state index contributed by atoms with van der Waals surface area (Å²) in [6.45, 7) is 0.0989. The molecule has 0 N–H and O–H groups in total. The average molecular weight is 434 g/mol. The zero-order valence-electron chi connectivity index (χ0n) is 13.6. The fourth-order valence-corrected chi connectivity index (χ4v) is 5.02. The molecule has 26 heavy (non-hydrogen) atoms. The lowest BCUT2D eigenvalue weighted by Gasteiger charge is -2.13. The summed E-state index contributed by atoms with van der Waals surface area (Å²) < 4.78 is 5.99. The van der Waals surface area contributed by atoms with Gasteiger partial charge in [-0.3, -0.25) is 9.59 Å². The molecule has 1 heterocycles. The highest BCUT2D eigenvalue weighted by Crippen LogP contribution is 2.52. The SMILES string of the molecule is C#CCOc1c(Cl)cc(C=NN2C(=O)[C@@H]3[C@H](C2=O)[C@H]2C=C[C@H]3C2)cc1Br. The lowest BCUT2D eigenvalue weighted by molar-refractivity contribution is -0.140. The van der Waals surface area contributed by atoms with E-state index in [4.69, 9.17) is 22.8 Å². The number of fused-ring (bicyclic) bond motifs is 5. The number of nitrogens with zero attached hydrogens (tertiary/aromatic N) is 2. The number of rotatable bonds is 4. The van der Waals surface area contributed by atoms with Crippen LogP contribution in [0.1, 0.15) is 12.0 Å². The molecule has 1 aromatic carbocycles. The Balaban J connectivity index is 1.55. The van der Waals surface area contributed by atoms with Gasteiger partial charge in [0.15, 0.2) is 5.75 Å². The number of allylic oxidation sites excluding steroid dienone is 2. The highest BCUT2D eigenvalue weighted by molar-refractivity contribution is 9.10. The predicted octanol–water partition coefficient (Wildman–Crippen LogP) is 3.26. The van der Waals surface area contributed by atoms with E-state index in [9.17, 15) is 9.59 Å². The molecule has 2 bridgehead atoms. The van der Waals surface area contributed by atoms with Gasteiger partial charge in [-0.15, -0.1) is 6.42 Å². The summed E-state index contributed by atoms with van der Waals surface area (Å²) in [7, 11) is 0. The summed E-state index contributed by atoms with van der Waals surface area (Å²) >= 11 is 9.58. The molecular formula is C19H14BrClN2O3. The van der Waals surface area contributed by atoms with E-state index in [1.54, 1.807) is 12.1 Å². The van der Waals surface area contributed by atoms with Gasteiger partial charge in [-0.25, -0.2) is 0 Å². The van der Waals surface area contributed by atoms with Crippen molar-refractivity contribution in [1.29, 1.82) is 0 Å². The van der Waals surface area contributed by atoms with Crippen LogP contribution >= 0.6 is 27.5 Å². The number of hydrogen-bond acceptors (Lipinski definition) is 4. The lowest BCUT2D eigenvalue weighted by Crippen LogP contribution is -2.28. The minimum absolute atomic E-state index is 0.0989. The summed E-state index contributed by atoms with van der Waals surface area (Å²) in [5.41, 5.74) is 0.633. The van der Waals surface area contributed by atoms with Crippen molar-refractivity contribution in [2.24, 2.45) is 28.8 Å². The van der Waals surface area contributed by atoms with Gasteiger partial charge in [0.2, 0.25) is 0 Å². The largest absolute Gasteiger partial charge is 0.478 e. The number of carbonyl (C=O) groups is 2. The van der Waals surface area contributed by atoms with Gasteiger partial charge >= 0.3 is 0 Å². The van der Waals surface area contributed by atoms with Gasteiger partial charge < -0.3 is 4.74 Å². The maximum absolute atomic E-state index is 12.6. The Morgan fingerprint density at radius 1 is 1.31 bits per heavy atom. The quantitative estimate of drug-likeness (QED) is 0.317. The average Bonchev–Trinajstić information content (AvgIpc) is 3.27. The number of imide groups is 1. The maximum atomic E-state index is 12.6. The summed E-state index contributed by atoms with van der Waals surface area (Å²) in [6, 6.07) is 3.37. The molecule has 0 spiro atoms. The number of terminal acetylenes is 1. The van der Waals surface area contributed by atoms with E-state index >= 15 is 0 Å². The van der Waals surface area contributed by atoms with Crippen LogP contribution in [0.15, 0.2) is 33.9 Å². The van der Waals surface area contributed by atoms with E-state index in [0.717, 1.165) is 11.4 Å². The maximum Gasteiger partial charge on any atom is 0.254 e. The van der Waals surface area contributed by atoms with Crippen molar-refractivity contribution in [1.82, 2.24) is 5.01 Å². The number of hydrogen-bond donors (Lipinski definition) is 0. The van der Waals surface area contributed by atoms with E-state index in [2.05, 4.69) is 39.1 Å². The molecule has 2 amide bonds. The van der Waals surface area contributed by atoms with Crippen LogP contribution in [0.3, 0.4) is 0 Å². The summed E-state index contributed by atoms with van der Waals surface area (Å²) in [5, 5.41) is 5.50. The first-order chi connectivity index (χ1) is 12.5. The van der Waals surface area contributed by atoms with Crippen molar-refractivity contribution in [2.75, 3.05) is 6.61 Å². The zero-order chi connectivity index (χ0) is 18.4. The third-order valence-corrected chi connectivity index (χ3v) is 5.96. The van der Waals surface area contributed by atoms with Crippen LogP contribution in [-0.4, -0.2) is 29.6 Å². The fraction of sp³-hybridized carbons (Fsp3) is 0.316. The molecule has 2 aliphatic carbocycles. The molecule has 1 aliphatic heterocycles. The molecule has 132 valence electrons. The molecule has 7 heteroatoms. The molecule has 3 aliphatic rings. The minimum Gasteiger partial charge on any atom is -0.478 e. The highest BCUT2D eigenvalue weighted by atomic mass is 79.9. The minimum atomic E-state index is -0.260. The van der Waals surface area contributed by atoms with Crippen LogP contribution in [0.5, 0.6) is 5.75 Å². The molecule has 4 rings (SSSR count). The zero-order valence-corrected chi connectivity index (χ0v) is 15.9. The van der Waals surface area contributed by atoms with Crippen molar-refractivity contribution in [3.8, 4) is 18.1 Å². The molecule has 0 unspecified atom stereocenters. The molecule has 5 nitrogen and oxygen atoms in total. The fourth-order valence-electron chi connectivity index (χ4n) is 4.03. The number of ether oxygens (including phenoxy) is 1. The van der Waals surface area contributed by atoms with Crippen LogP contribution in [0.4, 0.5) is 0 Å². The Morgan fingerprint density at radius 3 is 2.54 bits per heavy atom. The number of benzene rings is 1. The normalized spacial score (nSPS) is 28.9. The second kappa shape index (κ2) is 6.57. The standard InChI is InChI=1S/C19H14BrClN2O3/c1-2-5-26-17-13(20)6-10(7-14(17)21)9-22-23-18(24)15-11-3-4-12(8-11)16(15)19(23)25/h1,3-4,6-7,9,11-12,15-16H,5,8H2/t11-,12-,15-,16+/m0/s1. The summed E-state index contributed by atoms with van der Waals surface area (Å²) in [4.78, 5) is 25.2. The van der Waals surface area contributed by atoms with Crippen molar-refractivity contribution in [3.05, 3.63) is 39.3 Å². The van der Waals surface area contributed by atoms with E-state index in [0.29, 0.717) is 20.8 Å². The van der Waals surface area contributed by atoms with Gasteiger partial charge in [0, 0.05) is 0 Å². The monoisotopic (exact) mass is 432 g/mol. The van der Waals surface area contributed by atoms with Gasteiger partial charge in [0.25, 0.3) is 11.8 Å². The summed E-state index contributed by atoms with van der Waals surface area (Å²) in [5.74, 6) is 2.19. The van der Waals surface area contributed by atoms with Crippen molar-refractivity contribution >= 4 is 45.6 Å². The number of carbonyl (C=O) groups excluding carboxylic acids is 2. The Hall–Kier alpha value is -2.10. The van der Waals surface area contributed by atoms with Crippen LogP contribution in [0, 0.1) is 36.0 Å². The first-order valence-electron chi connectivity index (χ1n) is 8.16. The van der Waals surface area contributed by atoms with Crippen LogP contribution in [0.2, 0.25) is 5.02 Å². The molecule has 1 aromatic rings. The lowest BCUT2D eigenvalue weighted by atomic mass is 9.85. The highest BCUT2D eigenvalue weighted by Gasteiger charge is 2.59. The number of amides is 2. The Labute approximate surface area is 164 Å². The third-order valence-electron chi connectivity index (χ3n) is 5.09. The second-order valence-corrected chi connectivity index (χ2v) is 7.80. The van der Waals surface area contributed by atoms with E-state index < -0.39 is 0 Å². The Bertz CT molecular complexity index is 852. The van der Waals surface area contributed by atoms with Crippen molar-refractivity contribution < 1.29 is 14.3 Å². The van der Waals surface area contributed by atoms with E-state index in [1.165, 1.54) is 6.21 Å².